The number of amides is 2. The fourth-order valence-corrected chi connectivity index (χ4v) is 2.55. The molecule has 0 heterocycles. The first-order chi connectivity index (χ1) is 14.4. The molecule has 0 aliphatic rings. The van der Waals surface area contributed by atoms with Gasteiger partial charge in [-0.15, -0.1) is 0 Å². The molecule has 3 N–H and O–H groups in total. The van der Waals surface area contributed by atoms with Gasteiger partial charge in [-0.2, -0.15) is 0 Å². The molecule has 160 valence electrons. The van der Waals surface area contributed by atoms with E-state index < -0.39 is 11.8 Å². The van der Waals surface area contributed by atoms with Crippen LogP contribution in [0.4, 0.5) is 0 Å². The van der Waals surface area contributed by atoms with Crippen molar-refractivity contribution >= 4 is 40.7 Å². The van der Waals surface area contributed by atoms with Gasteiger partial charge in [-0.05, 0) is 67.5 Å². The molecule has 0 bridgehead atoms. The summed E-state index contributed by atoms with van der Waals surface area (Å²) in [5.41, 5.74) is 6.06. The van der Waals surface area contributed by atoms with Gasteiger partial charge >= 0.3 is 0 Å². The molecule has 2 rings (SSSR count). The highest BCUT2D eigenvalue weighted by atomic mass is 35.5. The first-order valence-corrected chi connectivity index (χ1v) is 10.2. The van der Waals surface area contributed by atoms with Crippen molar-refractivity contribution in [1.29, 1.82) is 0 Å². The van der Waals surface area contributed by atoms with Crippen LogP contribution in [-0.4, -0.2) is 30.1 Å². The number of rotatable bonds is 8. The average Bonchev–Trinajstić information content (AvgIpc) is 2.73. The summed E-state index contributed by atoms with van der Waals surface area (Å²) in [6.07, 6.45) is 1.96. The lowest BCUT2D eigenvalue weighted by Gasteiger charge is -2.12. The van der Waals surface area contributed by atoms with Crippen LogP contribution < -0.4 is 25.6 Å². The van der Waals surface area contributed by atoms with Gasteiger partial charge < -0.3 is 9.47 Å². The molecular formula is C21H24ClN3O4S. The van der Waals surface area contributed by atoms with E-state index in [1.807, 2.05) is 6.92 Å². The molecule has 0 aromatic heterocycles. The molecule has 0 aliphatic heterocycles. The molecule has 2 amide bonds. The normalized spacial score (nSPS) is 10.1. The van der Waals surface area contributed by atoms with Gasteiger partial charge in [0.15, 0.2) is 11.7 Å². The van der Waals surface area contributed by atoms with Crippen LogP contribution in [0.2, 0.25) is 5.02 Å². The van der Waals surface area contributed by atoms with Gasteiger partial charge in [-0.1, -0.05) is 31.0 Å². The summed E-state index contributed by atoms with van der Waals surface area (Å²) >= 11 is 11.0. The Labute approximate surface area is 186 Å². The Bertz CT molecular complexity index is 908. The third-order valence-corrected chi connectivity index (χ3v) is 4.53. The van der Waals surface area contributed by atoms with E-state index in [1.54, 1.807) is 42.5 Å². The summed E-state index contributed by atoms with van der Waals surface area (Å²) in [6.45, 7) is 4.27. The predicted molar refractivity (Wildman–Crippen MR) is 120 cm³/mol. The Hall–Kier alpha value is -2.84. The predicted octanol–water partition coefficient (Wildman–Crippen LogP) is 3.54. The zero-order valence-corrected chi connectivity index (χ0v) is 18.4. The SMILES string of the molecule is CCCCOc1cccc(C(=O)NC(=S)NNC(=O)COc2ccc(Cl)c(C)c2)c1. The first kappa shape index (κ1) is 23.4. The van der Waals surface area contributed by atoms with E-state index >= 15 is 0 Å². The van der Waals surface area contributed by atoms with E-state index in [0.29, 0.717) is 28.7 Å². The van der Waals surface area contributed by atoms with Crippen LogP contribution in [0.1, 0.15) is 35.7 Å². The van der Waals surface area contributed by atoms with Crippen molar-refractivity contribution in [2.45, 2.75) is 26.7 Å². The van der Waals surface area contributed by atoms with Crippen LogP contribution in [0.25, 0.3) is 0 Å². The fourth-order valence-electron chi connectivity index (χ4n) is 2.29. The molecule has 0 saturated heterocycles. The van der Waals surface area contributed by atoms with Crippen molar-refractivity contribution in [3.63, 3.8) is 0 Å². The average molecular weight is 450 g/mol. The monoisotopic (exact) mass is 449 g/mol. The van der Waals surface area contributed by atoms with Crippen LogP contribution in [-0.2, 0) is 4.79 Å². The van der Waals surface area contributed by atoms with Gasteiger partial charge in [0.05, 0.1) is 6.61 Å². The van der Waals surface area contributed by atoms with Gasteiger partial charge in [0, 0.05) is 10.6 Å². The third-order valence-electron chi connectivity index (χ3n) is 3.90. The number of hydrazine groups is 1. The number of unbranched alkanes of at least 4 members (excludes halogenated alkanes) is 1. The van der Waals surface area contributed by atoms with E-state index in [1.165, 1.54) is 0 Å². The van der Waals surface area contributed by atoms with Crippen molar-refractivity contribution in [1.82, 2.24) is 16.2 Å². The minimum atomic E-state index is -0.467. The van der Waals surface area contributed by atoms with Crippen LogP contribution in [0.5, 0.6) is 11.5 Å². The van der Waals surface area contributed by atoms with Gasteiger partial charge in [0.2, 0.25) is 0 Å². The van der Waals surface area contributed by atoms with E-state index in [9.17, 15) is 9.59 Å². The maximum absolute atomic E-state index is 12.3. The highest BCUT2D eigenvalue weighted by Crippen LogP contribution is 2.20. The van der Waals surface area contributed by atoms with Crippen LogP contribution in [0.15, 0.2) is 42.5 Å². The second-order valence-electron chi connectivity index (χ2n) is 6.39. The fraction of sp³-hybridized carbons (Fsp3) is 0.286. The molecule has 0 saturated carbocycles. The number of carbonyl (C=O) groups is 2. The number of ether oxygens (including phenoxy) is 2. The Morgan fingerprint density at radius 2 is 1.83 bits per heavy atom. The minimum absolute atomic E-state index is 0.0482. The number of hydrogen-bond donors (Lipinski definition) is 3. The molecule has 2 aromatic rings. The molecule has 7 nitrogen and oxygen atoms in total. The number of thiocarbonyl (C=S) groups is 1. The largest absolute Gasteiger partial charge is 0.494 e. The van der Waals surface area contributed by atoms with Crippen molar-refractivity contribution in [2.24, 2.45) is 0 Å². The molecule has 0 atom stereocenters. The lowest BCUT2D eigenvalue weighted by Crippen LogP contribution is -2.49. The number of benzene rings is 2. The molecule has 0 aliphatic carbocycles. The standard InChI is InChI=1S/C21H24ClN3O4S/c1-3-4-10-28-16-7-5-6-15(12-16)20(27)23-21(30)25-24-19(26)13-29-17-8-9-18(22)14(2)11-17/h5-9,11-12H,3-4,10,13H2,1-2H3,(H,24,26)(H2,23,25,27,30). The van der Waals surface area contributed by atoms with Crippen LogP contribution >= 0.6 is 23.8 Å². The second kappa shape index (κ2) is 12.0. The van der Waals surface area contributed by atoms with Gasteiger partial charge in [0.25, 0.3) is 11.8 Å². The number of aryl methyl sites for hydroxylation is 1. The summed E-state index contributed by atoms with van der Waals surface area (Å²) in [6, 6.07) is 11.9. The molecule has 30 heavy (non-hydrogen) atoms. The van der Waals surface area contributed by atoms with Gasteiger partial charge in [0.1, 0.15) is 11.5 Å². The highest BCUT2D eigenvalue weighted by molar-refractivity contribution is 7.80. The summed E-state index contributed by atoms with van der Waals surface area (Å²) in [5, 5.41) is 3.06. The number of halogens is 1. The van der Waals surface area contributed by atoms with Crippen LogP contribution in [0, 0.1) is 6.92 Å². The smallest absolute Gasteiger partial charge is 0.276 e. The second-order valence-corrected chi connectivity index (χ2v) is 7.20. The summed E-state index contributed by atoms with van der Waals surface area (Å²) < 4.78 is 11.0. The van der Waals surface area contributed by atoms with E-state index in [2.05, 4.69) is 23.1 Å². The van der Waals surface area contributed by atoms with Gasteiger partial charge in [-0.25, -0.2) is 0 Å². The quantitative estimate of drug-likeness (QED) is 0.324. The van der Waals surface area contributed by atoms with Crippen LogP contribution in [0.3, 0.4) is 0 Å². The van der Waals surface area contributed by atoms with Crippen molar-refractivity contribution in [3.8, 4) is 11.5 Å². The third kappa shape index (κ3) is 7.88. The summed E-state index contributed by atoms with van der Waals surface area (Å²) in [7, 11) is 0. The zero-order chi connectivity index (χ0) is 21.9. The first-order valence-electron chi connectivity index (χ1n) is 9.41. The molecule has 2 aromatic carbocycles. The minimum Gasteiger partial charge on any atom is -0.494 e. The molecule has 0 spiro atoms. The maximum atomic E-state index is 12.3. The molecular weight excluding hydrogens is 426 g/mol. The highest BCUT2D eigenvalue weighted by Gasteiger charge is 2.10. The Morgan fingerprint density at radius 3 is 2.57 bits per heavy atom. The zero-order valence-electron chi connectivity index (χ0n) is 16.8. The van der Waals surface area contributed by atoms with E-state index in [4.69, 9.17) is 33.3 Å². The lowest BCUT2D eigenvalue weighted by molar-refractivity contribution is -0.123. The molecule has 0 fully saturated rings. The summed E-state index contributed by atoms with van der Waals surface area (Å²) in [5.74, 6) is 0.239. The number of carbonyl (C=O) groups excluding carboxylic acids is 2. The topological polar surface area (TPSA) is 88.7 Å². The number of hydrogen-bond acceptors (Lipinski definition) is 5. The number of nitrogens with one attached hydrogen (secondary N) is 3. The van der Waals surface area contributed by atoms with Crippen molar-refractivity contribution in [3.05, 3.63) is 58.6 Å². The lowest BCUT2D eigenvalue weighted by atomic mass is 10.2. The van der Waals surface area contributed by atoms with Crippen molar-refractivity contribution in [2.75, 3.05) is 13.2 Å². The summed E-state index contributed by atoms with van der Waals surface area (Å²) in [4.78, 5) is 24.2. The Balaban J connectivity index is 1.75. The molecule has 9 heteroatoms. The Morgan fingerprint density at radius 1 is 1.07 bits per heavy atom. The molecule has 0 unspecified atom stereocenters. The molecule has 0 radical (unpaired) electrons. The van der Waals surface area contributed by atoms with E-state index in [-0.39, 0.29) is 11.7 Å². The van der Waals surface area contributed by atoms with E-state index in [0.717, 1.165) is 18.4 Å². The van der Waals surface area contributed by atoms with Gasteiger partial charge in [-0.3, -0.25) is 25.8 Å². The maximum Gasteiger partial charge on any atom is 0.276 e. The Kier molecular flexibility index (Phi) is 9.37. The van der Waals surface area contributed by atoms with Crippen molar-refractivity contribution < 1.29 is 19.1 Å².